The summed E-state index contributed by atoms with van der Waals surface area (Å²) < 4.78 is 0. The van der Waals surface area contributed by atoms with Gasteiger partial charge in [0, 0.05) is 28.4 Å². The number of nitrogens with zero attached hydrogens (tertiary/aromatic N) is 1. The van der Waals surface area contributed by atoms with Crippen LogP contribution in [0.4, 0.5) is 0 Å². The molecule has 0 fully saturated rings. The Morgan fingerprint density at radius 2 is 1.71 bits per heavy atom. The van der Waals surface area contributed by atoms with Gasteiger partial charge < -0.3 is 6.15 Å². The first-order chi connectivity index (χ1) is 7.66. The van der Waals surface area contributed by atoms with Crippen molar-refractivity contribution >= 4 is 23.2 Å². The predicted octanol–water partition coefficient (Wildman–Crippen LogP) is 4.70. The summed E-state index contributed by atoms with van der Waals surface area (Å²) in [5, 5.41) is 1.33. The van der Waals surface area contributed by atoms with Crippen LogP contribution in [0.3, 0.4) is 0 Å². The van der Waals surface area contributed by atoms with Gasteiger partial charge in [0.05, 0.1) is 0 Å². The van der Waals surface area contributed by atoms with Crippen molar-refractivity contribution in [3.05, 3.63) is 63.9 Å². The van der Waals surface area contributed by atoms with Crippen molar-refractivity contribution in [1.82, 2.24) is 11.1 Å². The van der Waals surface area contributed by atoms with E-state index in [0.717, 1.165) is 11.1 Å². The zero-order chi connectivity index (χ0) is 11.5. The zero-order valence-electron chi connectivity index (χ0n) is 9.53. The largest absolute Gasteiger partial charge is 0.344 e. The molecule has 0 saturated heterocycles. The van der Waals surface area contributed by atoms with E-state index >= 15 is 0 Å². The lowest BCUT2D eigenvalue weighted by Gasteiger charge is -2.12. The van der Waals surface area contributed by atoms with Crippen LogP contribution >= 0.6 is 23.2 Å². The van der Waals surface area contributed by atoms with Crippen LogP contribution in [0.15, 0.2) is 42.7 Å². The summed E-state index contributed by atoms with van der Waals surface area (Å²) in [5.74, 6) is 0.241. The number of benzene rings is 1. The van der Waals surface area contributed by atoms with E-state index in [1.165, 1.54) is 0 Å². The van der Waals surface area contributed by atoms with Gasteiger partial charge in [-0.15, -0.1) is 0 Å². The van der Waals surface area contributed by atoms with Gasteiger partial charge in [-0.25, -0.2) is 0 Å². The van der Waals surface area contributed by atoms with Gasteiger partial charge in [0.1, 0.15) is 0 Å². The topological polar surface area (TPSA) is 47.9 Å². The molecule has 0 saturated carbocycles. The molecule has 0 aliphatic rings. The molecule has 0 aliphatic carbocycles. The SMILES string of the molecule is CC(c1cccnc1)c1cc(Cl)cc(Cl)c1.N. The fourth-order valence-electron chi connectivity index (χ4n) is 1.65. The molecular weight excluding hydrogens is 255 g/mol. The number of pyridine rings is 1. The molecule has 90 valence electrons. The van der Waals surface area contributed by atoms with Crippen molar-refractivity contribution in [3.63, 3.8) is 0 Å². The van der Waals surface area contributed by atoms with Gasteiger partial charge in [-0.05, 0) is 35.4 Å². The molecular formula is C13H14Cl2N2. The Morgan fingerprint density at radius 1 is 1.06 bits per heavy atom. The Morgan fingerprint density at radius 3 is 2.24 bits per heavy atom. The predicted molar refractivity (Wildman–Crippen MR) is 73.2 cm³/mol. The molecule has 17 heavy (non-hydrogen) atoms. The molecule has 2 rings (SSSR count). The Hall–Kier alpha value is -1.09. The lowest BCUT2D eigenvalue weighted by atomic mass is 9.95. The van der Waals surface area contributed by atoms with Gasteiger partial charge in [0.2, 0.25) is 0 Å². The molecule has 0 aliphatic heterocycles. The first-order valence-corrected chi connectivity index (χ1v) is 5.78. The molecule has 1 aromatic heterocycles. The first kappa shape index (κ1) is 14.0. The summed E-state index contributed by atoms with van der Waals surface area (Å²) in [6.07, 6.45) is 3.63. The molecule has 2 nitrogen and oxygen atoms in total. The summed E-state index contributed by atoms with van der Waals surface area (Å²) in [5.41, 5.74) is 2.26. The van der Waals surface area contributed by atoms with E-state index in [-0.39, 0.29) is 12.1 Å². The molecule has 3 N–H and O–H groups in total. The van der Waals surface area contributed by atoms with E-state index in [9.17, 15) is 0 Å². The van der Waals surface area contributed by atoms with Crippen LogP contribution in [0.5, 0.6) is 0 Å². The monoisotopic (exact) mass is 268 g/mol. The first-order valence-electron chi connectivity index (χ1n) is 5.03. The van der Waals surface area contributed by atoms with Crippen LogP contribution in [0.25, 0.3) is 0 Å². The molecule has 2 aromatic rings. The highest BCUT2D eigenvalue weighted by atomic mass is 35.5. The molecule has 0 spiro atoms. The maximum atomic E-state index is 5.98. The molecule has 0 radical (unpaired) electrons. The van der Waals surface area contributed by atoms with Crippen LogP contribution in [0, 0.1) is 0 Å². The van der Waals surface area contributed by atoms with Crippen LogP contribution in [0.2, 0.25) is 10.0 Å². The second kappa shape index (κ2) is 6.01. The zero-order valence-corrected chi connectivity index (χ0v) is 11.0. The maximum Gasteiger partial charge on any atom is 0.0423 e. The van der Waals surface area contributed by atoms with E-state index in [0.29, 0.717) is 10.0 Å². The lowest BCUT2D eigenvalue weighted by Crippen LogP contribution is -1.96. The third-order valence-corrected chi connectivity index (χ3v) is 3.01. The number of hydrogen-bond donors (Lipinski definition) is 1. The number of halogens is 2. The summed E-state index contributed by atoms with van der Waals surface area (Å²) in [7, 11) is 0. The number of aromatic nitrogens is 1. The highest BCUT2D eigenvalue weighted by Crippen LogP contribution is 2.28. The molecule has 1 atom stereocenters. The quantitative estimate of drug-likeness (QED) is 0.858. The summed E-state index contributed by atoms with van der Waals surface area (Å²) in [6.45, 7) is 2.11. The van der Waals surface area contributed by atoms with E-state index in [1.54, 1.807) is 12.3 Å². The Kier molecular flexibility index (Phi) is 4.94. The van der Waals surface area contributed by atoms with E-state index in [4.69, 9.17) is 23.2 Å². The van der Waals surface area contributed by atoms with Crippen molar-refractivity contribution in [3.8, 4) is 0 Å². The minimum atomic E-state index is 0. The Labute approximate surface area is 111 Å². The van der Waals surface area contributed by atoms with Crippen molar-refractivity contribution in [2.75, 3.05) is 0 Å². The lowest BCUT2D eigenvalue weighted by molar-refractivity contribution is 0.911. The summed E-state index contributed by atoms with van der Waals surface area (Å²) in [4.78, 5) is 4.11. The Balaban J connectivity index is 0.00000144. The third-order valence-electron chi connectivity index (χ3n) is 2.57. The van der Waals surface area contributed by atoms with Crippen molar-refractivity contribution < 1.29 is 0 Å². The molecule has 1 heterocycles. The number of rotatable bonds is 2. The number of hydrogen-bond acceptors (Lipinski definition) is 2. The van der Waals surface area contributed by atoms with E-state index < -0.39 is 0 Å². The molecule has 0 bridgehead atoms. The fourth-order valence-corrected chi connectivity index (χ4v) is 2.19. The van der Waals surface area contributed by atoms with Crippen molar-refractivity contribution in [2.24, 2.45) is 0 Å². The highest BCUT2D eigenvalue weighted by molar-refractivity contribution is 6.34. The van der Waals surface area contributed by atoms with Crippen LogP contribution in [0.1, 0.15) is 24.0 Å². The van der Waals surface area contributed by atoms with Crippen LogP contribution in [-0.4, -0.2) is 4.98 Å². The minimum Gasteiger partial charge on any atom is -0.344 e. The molecule has 1 aromatic carbocycles. The van der Waals surface area contributed by atoms with Gasteiger partial charge in [-0.2, -0.15) is 0 Å². The fraction of sp³-hybridized carbons (Fsp3) is 0.154. The minimum absolute atomic E-state index is 0. The van der Waals surface area contributed by atoms with Gasteiger partial charge in [0.25, 0.3) is 0 Å². The molecule has 0 amide bonds. The normalized spacial score (nSPS) is 11.7. The standard InChI is InChI=1S/C13H11Cl2N.H3N/c1-9(10-3-2-4-16-8-10)11-5-12(14)7-13(15)6-11;/h2-9H,1H3;1H3. The second-order valence-electron chi connectivity index (χ2n) is 3.71. The van der Waals surface area contributed by atoms with Gasteiger partial charge in [-0.1, -0.05) is 36.2 Å². The van der Waals surface area contributed by atoms with E-state index in [1.807, 2.05) is 30.5 Å². The second-order valence-corrected chi connectivity index (χ2v) is 4.58. The van der Waals surface area contributed by atoms with E-state index in [2.05, 4.69) is 11.9 Å². The van der Waals surface area contributed by atoms with Gasteiger partial charge >= 0.3 is 0 Å². The van der Waals surface area contributed by atoms with Crippen LogP contribution < -0.4 is 6.15 Å². The molecule has 1 unspecified atom stereocenters. The molecule has 4 heteroatoms. The third kappa shape index (κ3) is 3.43. The average molecular weight is 269 g/mol. The van der Waals surface area contributed by atoms with Gasteiger partial charge in [0.15, 0.2) is 0 Å². The van der Waals surface area contributed by atoms with Crippen molar-refractivity contribution in [2.45, 2.75) is 12.8 Å². The van der Waals surface area contributed by atoms with Crippen LogP contribution in [-0.2, 0) is 0 Å². The van der Waals surface area contributed by atoms with Crippen molar-refractivity contribution in [1.29, 1.82) is 0 Å². The highest BCUT2D eigenvalue weighted by Gasteiger charge is 2.09. The average Bonchev–Trinajstić information content (AvgIpc) is 2.28. The maximum absolute atomic E-state index is 5.98. The summed E-state index contributed by atoms with van der Waals surface area (Å²) in [6, 6.07) is 9.59. The smallest absolute Gasteiger partial charge is 0.0423 e. The summed E-state index contributed by atoms with van der Waals surface area (Å²) >= 11 is 12.0. The Bertz CT molecular complexity index is 466. The van der Waals surface area contributed by atoms with Gasteiger partial charge in [-0.3, -0.25) is 4.98 Å².